The van der Waals surface area contributed by atoms with Crippen LogP contribution >= 0.6 is 0 Å². The van der Waals surface area contributed by atoms with E-state index in [1.807, 2.05) is 0 Å². The number of rotatable bonds is 4. The van der Waals surface area contributed by atoms with E-state index >= 15 is 0 Å². The van der Waals surface area contributed by atoms with Crippen LogP contribution in [0.25, 0.3) is 0 Å². The van der Waals surface area contributed by atoms with Crippen LogP contribution in [0.2, 0.25) is 0 Å². The van der Waals surface area contributed by atoms with Crippen LogP contribution in [0, 0.1) is 15.9 Å². The van der Waals surface area contributed by atoms with Crippen molar-refractivity contribution in [3.8, 4) is 0 Å². The average molecular weight is 433 g/mol. The summed E-state index contributed by atoms with van der Waals surface area (Å²) in [5.74, 6) is -0.409. The number of alkyl halides is 3. The van der Waals surface area contributed by atoms with E-state index < -0.39 is 36.7 Å². The lowest BCUT2D eigenvalue weighted by Crippen LogP contribution is -2.47. The van der Waals surface area contributed by atoms with E-state index in [0.29, 0.717) is 30.9 Å². The fourth-order valence-corrected chi connectivity index (χ4v) is 3.90. The Bertz CT molecular complexity index is 1040. The molecule has 1 aliphatic heterocycles. The summed E-state index contributed by atoms with van der Waals surface area (Å²) in [6, 6.07) is 8.26. The monoisotopic (exact) mass is 433 g/mol. The predicted octanol–water partition coefficient (Wildman–Crippen LogP) is 3.35. The van der Waals surface area contributed by atoms with Crippen molar-refractivity contribution in [3.05, 3.63) is 58.4 Å². The number of anilines is 2. The second-order valence-corrected chi connectivity index (χ2v) is 8.22. The van der Waals surface area contributed by atoms with Crippen molar-refractivity contribution in [1.82, 2.24) is 0 Å². The van der Waals surface area contributed by atoms with E-state index in [-0.39, 0.29) is 18.8 Å². The van der Waals surface area contributed by atoms with Gasteiger partial charge < -0.3 is 9.80 Å². The first-order valence-electron chi connectivity index (χ1n) is 8.36. The first-order valence-corrected chi connectivity index (χ1v) is 9.85. The molecule has 0 saturated carbocycles. The van der Waals surface area contributed by atoms with Crippen LogP contribution in [0.1, 0.15) is 0 Å². The minimum atomic E-state index is -5.70. The normalized spacial score (nSPS) is 15.4. The fourth-order valence-electron chi connectivity index (χ4n) is 3.11. The van der Waals surface area contributed by atoms with Gasteiger partial charge in [-0.2, -0.15) is 13.2 Å². The molecular formula is C17H15F4N3O4S. The van der Waals surface area contributed by atoms with Gasteiger partial charge in [0.15, 0.2) is 0 Å². The lowest BCUT2D eigenvalue weighted by molar-refractivity contribution is -0.384. The van der Waals surface area contributed by atoms with E-state index in [4.69, 9.17) is 0 Å². The van der Waals surface area contributed by atoms with Gasteiger partial charge in [0.2, 0.25) is 0 Å². The molecule has 1 fully saturated rings. The van der Waals surface area contributed by atoms with Gasteiger partial charge in [0.25, 0.3) is 15.5 Å². The van der Waals surface area contributed by atoms with Gasteiger partial charge in [-0.25, -0.2) is 12.8 Å². The standard InChI is InChI=1S/C17H15F4N3O4S/c18-13-3-1-2-4-14(13)22-7-9-23(10-8-22)15-6-5-12(11-16(15)24(25)26)29(27,28)17(19,20)21/h1-6,11H,7-10H2. The lowest BCUT2D eigenvalue weighted by atomic mass is 10.2. The van der Waals surface area contributed by atoms with Gasteiger partial charge in [-0.15, -0.1) is 0 Å². The molecule has 0 aromatic heterocycles. The van der Waals surface area contributed by atoms with Gasteiger partial charge in [-0.3, -0.25) is 10.1 Å². The third-order valence-corrected chi connectivity index (χ3v) is 6.06. The van der Waals surface area contributed by atoms with Crippen LogP contribution in [-0.4, -0.2) is 45.0 Å². The van der Waals surface area contributed by atoms with Gasteiger partial charge in [-0.1, -0.05) is 12.1 Å². The molecule has 2 aromatic carbocycles. The summed E-state index contributed by atoms with van der Waals surface area (Å²) in [6.45, 7) is 1.11. The molecule has 0 amide bonds. The van der Waals surface area contributed by atoms with Crippen molar-refractivity contribution in [2.75, 3.05) is 36.0 Å². The minimum Gasteiger partial charge on any atom is -0.366 e. The molecule has 0 aliphatic carbocycles. The van der Waals surface area contributed by atoms with Gasteiger partial charge in [0, 0.05) is 32.2 Å². The molecule has 156 valence electrons. The Labute approximate surface area is 163 Å². The zero-order valence-corrected chi connectivity index (χ0v) is 15.6. The SMILES string of the molecule is O=[N+]([O-])c1cc(S(=O)(=O)C(F)(F)F)ccc1N1CCN(c2ccccc2F)CC1. The molecule has 0 unspecified atom stereocenters. The Hall–Kier alpha value is -2.89. The number of hydrogen-bond acceptors (Lipinski definition) is 6. The van der Waals surface area contributed by atoms with Gasteiger partial charge in [0.1, 0.15) is 11.5 Å². The molecular weight excluding hydrogens is 418 g/mol. The van der Waals surface area contributed by atoms with E-state index in [2.05, 4.69) is 0 Å². The van der Waals surface area contributed by atoms with Crippen molar-refractivity contribution in [2.24, 2.45) is 0 Å². The van der Waals surface area contributed by atoms with Gasteiger partial charge in [0.05, 0.1) is 15.5 Å². The molecule has 0 radical (unpaired) electrons. The molecule has 0 N–H and O–H groups in total. The minimum absolute atomic E-state index is 0.00399. The number of hydrogen-bond donors (Lipinski definition) is 0. The summed E-state index contributed by atoms with van der Waals surface area (Å²) in [5, 5.41) is 11.4. The molecule has 1 heterocycles. The largest absolute Gasteiger partial charge is 0.501 e. The molecule has 29 heavy (non-hydrogen) atoms. The highest BCUT2D eigenvalue weighted by Gasteiger charge is 2.47. The molecule has 2 aromatic rings. The van der Waals surface area contributed by atoms with Crippen molar-refractivity contribution < 1.29 is 30.9 Å². The summed E-state index contributed by atoms with van der Waals surface area (Å²) in [4.78, 5) is 12.6. The first-order chi connectivity index (χ1) is 13.5. The van der Waals surface area contributed by atoms with Crippen molar-refractivity contribution in [3.63, 3.8) is 0 Å². The quantitative estimate of drug-likeness (QED) is 0.418. The average Bonchev–Trinajstić information content (AvgIpc) is 2.67. The maximum absolute atomic E-state index is 13.9. The molecule has 3 rings (SSSR count). The zero-order chi connectivity index (χ0) is 21.4. The molecule has 7 nitrogen and oxygen atoms in total. The molecule has 12 heteroatoms. The van der Waals surface area contributed by atoms with Gasteiger partial charge >= 0.3 is 5.51 Å². The maximum atomic E-state index is 13.9. The second kappa shape index (κ2) is 7.50. The van der Waals surface area contributed by atoms with Crippen LogP contribution in [-0.2, 0) is 9.84 Å². The molecule has 0 atom stereocenters. The molecule has 1 aliphatic rings. The molecule has 1 saturated heterocycles. The number of sulfone groups is 1. The highest BCUT2D eigenvalue weighted by Crippen LogP contribution is 2.36. The van der Waals surface area contributed by atoms with Crippen LogP contribution in [0.3, 0.4) is 0 Å². The summed E-state index contributed by atoms with van der Waals surface area (Å²) in [5.41, 5.74) is -5.92. The van der Waals surface area contributed by atoms with Crippen LogP contribution in [0.15, 0.2) is 47.4 Å². The lowest BCUT2D eigenvalue weighted by Gasteiger charge is -2.37. The highest BCUT2D eigenvalue weighted by atomic mass is 32.2. The topological polar surface area (TPSA) is 83.8 Å². The molecule has 0 bridgehead atoms. The van der Waals surface area contributed by atoms with E-state index in [9.17, 15) is 36.1 Å². The smallest absolute Gasteiger partial charge is 0.366 e. The number of piperazine rings is 1. The van der Waals surface area contributed by atoms with Crippen LogP contribution in [0.5, 0.6) is 0 Å². The highest BCUT2D eigenvalue weighted by molar-refractivity contribution is 7.92. The summed E-state index contributed by atoms with van der Waals surface area (Å²) >= 11 is 0. The third kappa shape index (κ3) is 3.97. The Morgan fingerprint density at radius 2 is 1.48 bits per heavy atom. The number of nitrogens with zero attached hydrogens (tertiary/aromatic N) is 3. The predicted molar refractivity (Wildman–Crippen MR) is 97.2 cm³/mol. The Balaban J connectivity index is 1.87. The number of nitro benzene ring substituents is 1. The summed E-state index contributed by atoms with van der Waals surface area (Å²) in [6.07, 6.45) is 0. The zero-order valence-electron chi connectivity index (χ0n) is 14.8. The Morgan fingerprint density at radius 3 is 2.00 bits per heavy atom. The number of halogens is 4. The number of nitro groups is 1. The Kier molecular flexibility index (Phi) is 5.39. The van der Waals surface area contributed by atoms with Gasteiger partial charge in [-0.05, 0) is 24.3 Å². The Morgan fingerprint density at radius 1 is 0.931 bits per heavy atom. The van der Waals surface area contributed by atoms with Crippen LogP contribution < -0.4 is 9.80 Å². The van der Waals surface area contributed by atoms with Crippen molar-refractivity contribution >= 4 is 26.9 Å². The number of benzene rings is 2. The maximum Gasteiger partial charge on any atom is 0.501 e. The van der Waals surface area contributed by atoms with Crippen molar-refractivity contribution in [2.45, 2.75) is 10.4 Å². The summed E-state index contributed by atoms with van der Waals surface area (Å²) < 4.78 is 75.2. The fraction of sp³-hybridized carbons (Fsp3) is 0.294. The molecule has 0 spiro atoms. The van der Waals surface area contributed by atoms with Crippen molar-refractivity contribution in [1.29, 1.82) is 0 Å². The van der Waals surface area contributed by atoms with Crippen LogP contribution in [0.4, 0.5) is 34.6 Å². The van der Waals surface area contributed by atoms with E-state index in [1.54, 1.807) is 28.0 Å². The second-order valence-electron chi connectivity index (χ2n) is 6.28. The number of para-hydroxylation sites is 1. The first kappa shape index (κ1) is 20.8. The summed E-state index contributed by atoms with van der Waals surface area (Å²) in [7, 11) is -5.70. The third-order valence-electron chi connectivity index (χ3n) is 4.57. The van der Waals surface area contributed by atoms with E-state index in [1.165, 1.54) is 6.07 Å². The van der Waals surface area contributed by atoms with E-state index in [0.717, 1.165) is 6.07 Å².